The first-order valence-electron chi connectivity index (χ1n) is 13.1. The van der Waals surface area contributed by atoms with Crippen LogP contribution in [0.5, 0.6) is 17.2 Å². The molecule has 0 unspecified atom stereocenters. The quantitative estimate of drug-likeness (QED) is 0.337. The Labute approximate surface area is 222 Å². The van der Waals surface area contributed by atoms with E-state index in [0.29, 0.717) is 42.8 Å². The van der Waals surface area contributed by atoms with Gasteiger partial charge in [0.15, 0.2) is 17.6 Å². The molecule has 3 aromatic rings. The normalized spacial score (nSPS) is 20.6. The second kappa shape index (κ2) is 11.1. The summed E-state index contributed by atoms with van der Waals surface area (Å²) in [5.74, 6) is 0.469. The molecule has 2 heterocycles. The van der Waals surface area contributed by atoms with Crippen molar-refractivity contribution in [1.82, 2.24) is 0 Å². The van der Waals surface area contributed by atoms with E-state index in [2.05, 4.69) is 0 Å². The van der Waals surface area contributed by atoms with E-state index in [1.165, 1.54) is 4.90 Å². The number of para-hydroxylation sites is 1. The molecule has 3 aromatic carbocycles. The maximum absolute atomic E-state index is 13.9. The first-order chi connectivity index (χ1) is 18.6. The number of carbonyl (C=O) groups is 2. The number of hydrogen-bond donors (Lipinski definition) is 0. The van der Waals surface area contributed by atoms with Crippen LogP contribution < -0.4 is 24.2 Å². The maximum atomic E-state index is 13.9. The predicted octanol–water partition coefficient (Wildman–Crippen LogP) is 5.32. The second-order valence-corrected chi connectivity index (χ2v) is 9.08. The van der Waals surface area contributed by atoms with E-state index in [4.69, 9.17) is 19.0 Å². The Bertz CT molecular complexity index is 1280. The summed E-state index contributed by atoms with van der Waals surface area (Å²) >= 11 is 0. The Morgan fingerprint density at radius 2 is 1.50 bits per heavy atom. The van der Waals surface area contributed by atoms with Gasteiger partial charge in [-0.2, -0.15) is 0 Å². The van der Waals surface area contributed by atoms with Crippen molar-refractivity contribution in [3.05, 3.63) is 78.4 Å². The van der Waals surface area contributed by atoms with Crippen molar-refractivity contribution >= 4 is 23.2 Å². The fourth-order valence-corrected chi connectivity index (χ4v) is 4.97. The monoisotopic (exact) mass is 516 g/mol. The summed E-state index contributed by atoms with van der Waals surface area (Å²) in [7, 11) is 0. The zero-order valence-electron chi connectivity index (χ0n) is 21.8. The summed E-state index contributed by atoms with van der Waals surface area (Å²) in [4.78, 5) is 35.0. The van der Waals surface area contributed by atoms with Gasteiger partial charge in [-0.1, -0.05) is 31.2 Å². The Kier molecular flexibility index (Phi) is 7.51. The molecule has 2 saturated heterocycles. The molecule has 38 heavy (non-hydrogen) atoms. The minimum Gasteiger partial charge on any atom is -0.494 e. The fraction of sp³-hybridized carbons (Fsp3) is 0.333. The molecular weight excluding hydrogens is 484 g/mol. The van der Waals surface area contributed by atoms with Crippen LogP contribution in [0, 0.1) is 5.92 Å². The fourth-order valence-electron chi connectivity index (χ4n) is 4.97. The summed E-state index contributed by atoms with van der Waals surface area (Å²) in [6.45, 7) is 7.41. The van der Waals surface area contributed by atoms with Crippen LogP contribution in [0.1, 0.15) is 38.8 Å². The van der Waals surface area contributed by atoms with Gasteiger partial charge in [-0.3, -0.25) is 14.4 Å². The molecule has 0 aromatic heterocycles. The van der Waals surface area contributed by atoms with Gasteiger partial charge in [0.25, 0.3) is 5.91 Å². The van der Waals surface area contributed by atoms with Crippen LogP contribution in [0.3, 0.4) is 0 Å². The lowest BCUT2D eigenvalue weighted by Crippen LogP contribution is -2.37. The summed E-state index contributed by atoms with van der Waals surface area (Å²) in [5, 5.41) is 1.68. The summed E-state index contributed by atoms with van der Waals surface area (Å²) < 4.78 is 17.3. The average Bonchev–Trinajstić information content (AvgIpc) is 3.45. The maximum Gasteiger partial charge on any atom is 0.266 e. The smallest absolute Gasteiger partial charge is 0.266 e. The number of amides is 2. The zero-order chi connectivity index (χ0) is 26.6. The SMILES string of the molecule is CCCOc1ccc([C@@H]2[C@H]3C(=O)N(c4ccc(OCC)cc4)C(=O)[C@H]3ON2c2ccccc2)cc1OCC. The molecule has 198 valence electrons. The van der Waals surface area contributed by atoms with E-state index in [9.17, 15) is 9.59 Å². The van der Waals surface area contributed by atoms with Gasteiger partial charge in [-0.25, -0.2) is 9.96 Å². The number of nitrogens with zero attached hydrogens (tertiary/aromatic N) is 2. The van der Waals surface area contributed by atoms with E-state index in [1.807, 2.05) is 69.3 Å². The number of hydroxylamine groups is 1. The Hall–Kier alpha value is -4.04. The van der Waals surface area contributed by atoms with E-state index in [-0.39, 0.29) is 11.8 Å². The highest BCUT2D eigenvalue weighted by molar-refractivity contribution is 6.23. The molecule has 0 spiro atoms. The van der Waals surface area contributed by atoms with Crippen molar-refractivity contribution in [1.29, 1.82) is 0 Å². The van der Waals surface area contributed by atoms with E-state index < -0.39 is 18.1 Å². The van der Waals surface area contributed by atoms with Gasteiger partial charge in [0.2, 0.25) is 5.91 Å². The van der Waals surface area contributed by atoms with Crippen LogP contribution in [-0.2, 0) is 14.4 Å². The van der Waals surface area contributed by atoms with Gasteiger partial charge in [-0.15, -0.1) is 0 Å². The van der Waals surface area contributed by atoms with Crippen LogP contribution >= 0.6 is 0 Å². The topological polar surface area (TPSA) is 77.5 Å². The number of ether oxygens (including phenoxy) is 3. The van der Waals surface area contributed by atoms with Gasteiger partial charge in [0, 0.05) is 0 Å². The molecule has 2 amide bonds. The van der Waals surface area contributed by atoms with Gasteiger partial charge in [0.1, 0.15) is 11.7 Å². The van der Waals surface area contributed by atoms with Crippen LogP contribution in [0.2, 0.25) is 0 Å². The van der Waals surface area contributed by atoms with Gasteiger partial charge in [-0.05, 0) is 74.4 Å². The molecule has 0 saturated carbocycles. The Morgan fingerprint density at radius 3 is 2.18 bits per heavy atom. The van der Waals surface area contributed by atoms with Crippen molar-refractivity contribution in [2.45, 2.75) is 39.3 Å². The van der Waals surface area contributed by atoms with Gasteiger partial charge in [0.05, 0.1) is 37.2 Å². The van der Waals surface area contributed by atoms with Crippen LogP contribution in [-0.4, -0.2) is 37.7 Å². The third-order valence-corrected chi connectivity index (χ3v) is 6.60. The van der Waals surface area contributed by atoms with Crippen molar-refractivity contribution in [3.63, 3.8) is 0 Å². The highest BCUT2D eigenvalue weighted by atomic mass is 16.7. The van der Waals surface area contributed by atoms with E-state index in [0.717, 1.165) is 17.7 Å². The molecule has 0 N–H and O–H groups in total. The molecule has 5 rings (SSSR count). The highest BCUT2D eigenvalue weighted by Crippen LogP contribution is 2.48. The van der Waals surface area contributed by atoms with E-state index in [1.54, 1.807) is 29.3 Å². The number of benzene rings is 3. The molecule has 2 aliphatic heterocycles. The van der Waals surface area contributed by atoms with Gasteiger partial charge >= 0.3 is 0 Å². The number of carbonyl (C=O) groups excluding carboxylic acids is 2. The first-order valence-corrected chi connectivity index (χ1v) is 13.1. The minimum atomic E-state index is -0.953. The predicted molar refractivity (Wildman–Crippen MR) is 144 cm³/mol. The van der Waals surface area contributed by atoms with Crippen LogP contribution in [0.25, 0.3) is 0 Å². The van der Waals surface area contributed by atoms with E-state index >= 15 is 0 Å². The Morgan fingerprint density at radius 1 is 0.763 bits per heavy atom. The largest absolute Gasteiger partial charge is 0.494 e. The third-order valence-electron chi connectivity index (χ3n) is 6.60. The molecule has 0 aliphatic carbocycles. The average molecular weight is 517 g/mol. The summed E-state index contributed by atoms with van der Waals surface area (Å²) in [5.41, 5.74) is 2.04. The third kappa shape index (κ3) is 4.67. The lowest BCUT2D eigenvalue weighted by Gasteiger charge is -2.29. The summed E-state index contributed by atoms with van der Waals surface area (Å²) in [6, 6.07) is 21.6. The first kappa shape index (κ1) is 25.6. The lowest BCUT2D eigenvalue weighted by molar-refractivity contribution is -0.126. The summed E-state index contributed by atoms with van der Waals surface area (Å²) in [6.07, 6.45) is -0.0846. The standard InChI is InChI=1S/C30H32N2O6/c1-4-18-37-24-17-12-20(19-25(24)36-6-3)27-26-28(38-32(27)22-10-8-7-9-11-22)30(34)31(29(26)33)21-13-15-23(16-14-21)35-5-2/h7-17,19,26-28H,4-6,18H2,1-3H3/t26-,27-,28+/m1/s1. The highest BCUT2D eigenvalue weighted by Gasteiger charge is 2.60. The van der Waals surface area contributed by atoms with Crippen molar-refractivity contribution in [3.8, 4) is 17.2 Å². The zero-order valence-corrected chi connectivity index (χ0v) is 21.8. The number of anilines is 2. The molecule has 8 nitrogen and oxygen atoms in total. The number of rotatable bonds is 10. The molecule has 0 radical (unpaired) electrons. The molecule has 3 atom stereocenters. The number of hydrogen-bond acceptors (Lipinski definition) is 7. The van der Waals surface area contributed by atoms with Crippen LogP contribution in [0.4, 0.5) is 11.4 Å². The minimum absolute atomic E-state index is 0.308. The van der Waals surface area contributed by atoms with Crippen molar-refractivity contribution in [2.24, 2.45) is 5.92 Å². The van der Waals surface area contributed by atoms with Crippen molar-refractivity contribution in [2.75, 3.05) is 29.8 Å². The molecule has 0 bridgehead atoms. The molecule has 2 fully saturated rings. The van der Waals surface area contributed by atoms with Gasteiger partial charge < -0.3 is 14.2 Å². The lowest BCUT2D eigenvalue weighted by atomic mass is 9.90. The molecule has 8 heteroatoms. The number of imide groups is 1. The number of fused-ring (bicyclic) bond motifs is 1. The molecule has 2 aliphatic rings. The van der Waals surface area contributed by atoms with Crippen LogP contribution in [0.15, 0.2) is 72.8 Å². The van der Waals surface area contributed by atoms with Crippen molar-refractivity contribution < 1.29 is 28.6 Å². The Balaban J connectivity index is 1.54. The second-order valence-electron chi connectivity index (χ2n) is 9.08. The molecular formula is C30H32N2O6.